The minimum atomic E-state index is -0.620. The first kappa shape index (κ1) is 9.61. The number of carbonyl (C=O) groups is 2. The molecule has 0 atom stereocenters. The van der Waals surface area contributed by atoms with Gasteiger partial charge < -0.3 is 4.74 Å². The zero-order valence-electron chi connectivity index (χ0n) is 5.77. The highest BCUT2D eigenvalue weighted by Crippen LogP contribution is 1.77. The van der Waals surface area contributed by atoms with E-state index < -0.39 is 5.78 Å². The highest BCUT2D eigenvalue weighted by molar-refractivity contribution is 6.25. The maximum atomic E-state index is 10.2. The van der Waals surface area contributed by atoms with Gasteiger partial charge in [0.15, 0.2) is 6.29 Å². The number of aldehydes is 1. The molecule has 0 bridgehead atoms. The van der Waals surface area contributed by atoms with Gasteiger partial charge in [-0.1, -0.05) is 5.11 Å². The first-order valence-electron chi connectivity index (χ1n) is 2.88. The van der Waals surface area contributed by atoms with Gasteiger partial charge >= 0.3 is 0 Å². The van der Waals surface area contributed by atoms with E-state index in [0.29, 0.717) is 0 Å². The maximum Gasteiger partial charge on any atom is 0.220 e. The lowest BCUT2D eigenvalue weighted by Gasteiger charge is -1.94. The molecule has 0 aromatic carbocycles. The van der Waals surface area contributed by atoms with Gasteiger partial charge in [0.2, 0.25) is 5.78 Å². The minimum Gasteiger partial charge on any atom is -0.373 e. The molecule has 0 saturated carbocycles. The number of azide groups is 1. The summed E-state index contributed by atoms with van der Waals surface area (Å²) in [4.78, 5) is 22.4. The summed E-state index contributed by atoms with van der Waals surface area (Å²) >= 11 is 0. The Hall–Kier alpha value is -1.39. The fraction of sp³-hybridized carbons (Fsp3) is 0.600. The highest BCUT2D eigenvalue weighted by atomic mass is 16.5. The van der Waals surface area contributed by atoms with E-state index in [4.69, 9.17) is 5.53 Å². The van der Waals surface area contributed by atoms with Gasteiger partial charge in [0, 0.05) is 11.5 Å². The second-order valence-electron chi connectivity index (χ2n) is 1.59. The molecule has 0 heterocycles. The van der Waals surface area contributed by atoms with Crippen LogP contribution in [0.1, 0.15) is 0 Å². The van der Waals surface area contributed by atoms with E-state index in [1.807, 2.05) is 0 Å². The number of rotatable bonds is 6. The SMILES string of the molecule is [N-]=[N+]=NCCOCC(=O)C=O. The third-order valence-corrected chi connectivity index (χ3v) is 0.775. The van der Waals surface area contributed by atoms with Crippen LogP contribution in [0.15, 0.2) is 5.11 Å². The number of nitrogens with zero attached hydrogens (tertiary/aromatic N) is 3. The van der Waals surface area contributed by atoms with Crippen LogP contribution in [0.4, 0.5) is 0 Å². The number of hydrogen-bond acceptors (Lipinski definition) is 4. The zero-order valence-corrected chi connectivity index (χ0v) is 5.77. The highest BCUT2D eigenvalue weighted by Gasteiger charge is 1.96. The van der Waals surface area contributed by atoms with Crippen molar-refractivity contribution in [2.24, 2.45) is 5.11 Å². The van der Waals surface area contributed by atoms with Crippen LogP contribution in [0, 0.1) is 0 Å². The molecule has 0 unspecified atom stereocenters. The molecule has 0 aliphatic carbocycles. The molecule has 0 radical (unpaired) electrons. The summed E-state index contributed by atoms with van der Waals surface area (Å²) in [5.74, 6) is -0.620. The lowest BCUT2D eigenvalue weighted by atomic mass is 10.5. The molecule has 0 fully saturated rings. The second-order valence-corrected chi connectivity index (χ2v) is 1.59. The van der Waals surface area contributed by atoms with E-state index in [2.05, 4.69) is 14.8 Å². The van der Waals surface area contributed by atoms with Crippen molar-refractivity contribution in [2.75, 3.05) is 19.8 Å². The predicted octanol–water partition coefficient (Wildman–Crippen LogP) is 0.0813. The smallest absolute Gasteiger partial charge is 0.220 e. The van der Waals surface area contributed by atoms with Crippen LogP contribution >= 0.6 is 0 Å². The topological polar surface area (TPSA) is 92.1 Å². The molecule has 0 N–H and O–H groups in total. The van der Waals surface area contributed by atoms with Crippen LogP contribution < -0.4 is 0 Å². The molecule has 0 amide bonds. The van der Waals surface area contributed by atoms with Crippen LogP contribution in [0.2, 0.25) is 0 Å². The summed E-state index contributed by atoms with van der Waals surface area (Å²) in [7, 11) is 0. The molecule has 0 rings (SSSR count). The molecule has 60 valence electrons. The fourth-order valence-corrected chi connectivity index (χ4v) is 0.357. The van der Waals surface area contributed by atoms with Gasteiger partial charge in [0.25, 0.3) is 0 Å². The monoisotopic (exact) mass is 157 g/mol. The van der Waals surface area contributed by atoms with Gasteiger partial charge in [-0.3, -0.25) is 9.59 Å². The number of ether oxygens (including phenoxy) is 1. The predicted molar refractivity (Wildman–Crippen MR) is 35.9 cm³/mol. The van der Waals surface area contributed by atoms with Crippen LogP contribution in [0.25, 0.3) is 10.4 Å². The molecule has 6 nitrogen and oxygen atoms in total. The zero-order chi connectivity index (χ0) is 8.53. The van der Waals surface area contributed by atoms with Gasteiger partial charge in [-0.05, 0) is 5.53 Å². The van der Waals surface area contributed by atoms with Gasteiger partial charge in [0.1, 0.15) is 6.61 Å². The van der Waals surface area contributed by atoms with E-state index >= 15 is 0 Å². The van der Waals surface area contributed by atoms with Crippen LogP contribution in [0.3, 0.4) is 0 Å². The summed E-state index contributed by atoms with van der Waals surface area (Å²) < 4.78 is 4.64. The van der Waals surface area contributed by atoms with E-state index in [-0.39, 0.29) is 26.0 Å². The van der Waals surface area contributed by atoms with Crippen LogP contribution in [0.5, 0.6) is 0 Å². The van der Waals surface area contributed by atoms with Crippen LogP contribution in [-0.4, -0.2) is 31.8 Å². The molecule has 0 saturated heterocycles. The summed E-state index contributed by atoms with van der Waals surface area (Å²) in [6.45, 7) is 0.0801. The van der Waals surface area contributed by atoms with Crippen molar-refractivity contribution in [3.63, 3.8) is 0 Å². The lowest BCUT2D eigenvalue weighted by Crippen LogP contribution is -2.10. The third kappa shape index (κ3) is 6.50. The summed E-state index contributed by atoms with van der Waals surface area (Å²) in [6.07, 6.45) is 0.188. The molecular weight excluding hydrogens is 150 g/mol. The van der Waals surface area contributed by atoms with Crippen molar-refractivity contribution in [3.8, 4) is 0 Å². The Bertz CT molecular complexity index is 185. The Balaban J connectivity index is 3.20. The Kier molecular flexibility index (Phi) is 5.88. The van der Waals surface area contributed by atoms with Crippen LogP contribution in [-0.2, 0) is 14.3 Å². The van der Waals surface area contributed by atoms with Gasteiger partial charge in [-0.2, -0.15) is 0 Å². The summed E-state index contributed by atoms with van der Waals surface area (Å²) in [6, 6.07) is 0. The van der Waals surface area contributed by atoms with Gasteiger partial charge in [0.05, 0.1) is 6.61 Å². The lowest BCUT2D eigenvalue weighted by molar-refractivity contribution is -0.132. The first-order valence-corrected chi connectivity index (χ1v) is 2.88. The normalized spacial score (nSPS) is 8.36. The molecule has 0 aromatic rings. The number of carbonyl (C=O) groups excluding carboxylic acids is 2. The number of hydrogen-bond donors (Lipinski definition) is 0. The quantitative estimate of drug-likeness (QED) is 0.136. The average molecular weight is 157 g/mol. The van der Waals surface area contributed by atoms with Crippen molar-refractivity contribution in [3.05, 3.63) is 10.4 Å². The molecule has 6 heteroatoms. The summed E-state index contributed by atoms with van der Waals surface area (Å²) in [5, 5.41) is 3.15. The molecule has 0 spiro atoms. The molecule has 0 aliphatic heterocycles. The largest absolute Gasteiger partial charge is 0.373 e. The minimum absolute atomic E-state index is 0.156. The Morgan fingerprint density at radius 1 is 1.73 bits per heavy atom. The van der Waals surface area contributed by atoms with Crippen molar-refractivity contribution in [1.82, 2.24) is 0 Å². The fourth-order valence-electron chi connectivity index (χ4n) is 0.357. The van der Waals surface area contributed by atoms with Crippen molar-refractivity contribution >= 4 is 12.1 Å². The summed E-state index contributed by atoms with van der Waals surface area (Å²) in [5.41, 5.74) is 7.80. The average Bonchev–Trinajstić information content (AvgIpc) is 2.04. The van der Waals surface area contributed by atoms with Crippen molar-refractivity contribution in [1.29, 1.82) is 0 Å². The van der Waals surface area contributed by atoms with Crippen molar-refractivity contribution < 1.29 is 14.3 Å². The second kappa shape index (κ2) is 6.73. The number of Topliss-reactive ketones (excluding diaryl/α,β-unsaturated/α-hetero) is 1. The van der Waals surface area contributed by atoms with Gasteiger partial charge in [-0.15, -0.1) is 0 Å². The molecular formula is C5H7N3O3. The third-order valence-electron chi connectivity index (χ3n) is 0.775. The first-order chi connectivity index (χ1) is 5.31. The molecule has 11 heavy (non-hydrogen) atoms. The van der Waals surface area contributed by atoms with E-state index in [1.54, 1.807) is 0 Å². The number of ketones is 1. The van der Waals surface area contributed by atoms with E-state index in [9.17, 15) is 9.59 Å². The Morgan fingerprint density at radius 3 is 3.00 bits per heavy atom. The maximum absolute atomic E-state index is 10.2. The van der Waals surface area contributed by atoms with E-state index in [0.717, 1.165) is 0 Å². The standard InChI is InChI=1S/C5H7N3O3/c6-8-7-1-2-11-4-5(10)3-9/h3H,1-2,4H2. The van der Waals surface area contributed by atoms with E-state index in [1.165, 1.54) is 0 Å². The Labute approximate surface area is 62.8 Å². The molecule has 0 aromatic heterocycles. The van der Waals surface area contributed by atoms with Crippen molar-refractivity contribution in [2.45, 2.75) is 0 Å². The van der Waals surface area contributed by atoms with Gasteiger partial charge in [-0.25, -0.2) is 0 Å². The Morgan fingerprint density at radius 2 is 2.45 bits per heavy atom. The molecule has 0 aliphatic rings.